The van der Waals surface area contributed by atoms with E-state index in [-0.39, 0.29) is 12.0 Å². The van der Waals surface area contributed by atoms with Gasteiger partial charge in [-0.3, -0.25) is 0 Å². The lowest BCUT2D eigenvalue weighted by atomic mass is 10.2. The number of hydrogen-bond donors (Lipinski definition) is 0. The molecule has 0 amide bonds. The van der Waals surface area contributed by atoms with Crippen LogP contribution in [-0.2, 0) is 11.3 Å². The van der Waals surface area contributed by atoms with Crippen LogP contribution >= 0.6 is 0 Å². The fraction of sp³-hybridized carbons (Fsp3) is 0.263. The summed E-state index contributed by atoms with van der Waals surface area (Å²) in [6.45, 7) is 1.63. The number of hydrogen-bond acceptors (Lipinski definition) is 5. The highest BCUT2D eigenvalue weighted by molar-refractivity contribution is 5.59. The molecular formula is C19H19FN4O2. The van der Waals surface area contributed by atoms with E-state index in [4.69, 9.17) is 9.47 Å². The molecule has 1 aromatic heterocycles. The summed E-state index contributed by atoms with van der Waals surface area (Å²) < 4.78 is 26.8. The Balaban J connectivity index is 1.57. The average Bonchev–Trinajstić information content (AvgIpc) is 3.32. The number of aromatic nitrogens is 3. The van der Waals surface area contributed by atoms with Crippen molar-refractivity contribution in [1.82, 2.24) is 15.0 Å². The van der Waals surface area contributed by atoms with Crippen molar-refractivity contribution in [3.8, 4) is 5.75 Å². The van der Waals surface area contributed by atoms with Crippen molar-refractivity contribution in [2.24, 2.45) is 0 Å². The number of methoxy groups -OCH3 is 1. The van der Waals surface area contributed by atoms with E-state index in [1.807, 2.05) is 24.3 Å². The smallest absolute Gasteiger partial charge is 0.177 e. The molecule has 2 aromatic carbocycles. The summed E-state index contributed by atoms with van der Waals surface area (Å²) in [5, 5.41) is 8.37. The van der Waals surface area contributed by atoms with E-state index >= 15 is 0 Å². The van der Waals surface area contributed by atoms with Gasteiger partial charge in [-0.2, -0.15) is 0 Å². The van der Waals surface area contributed by atoms with E-state index in [1.165, 1.54) is 6.07 Å². The van der Waals surface area contributed by atoms with Gasteiger partial charge in [0.2, 0.25) is 0 Å². The maximum Gasteiger partial charge on any atom is 0.177 e. The summed E-state index contributed by atoms with van der Waals surface area (Å²) in [5.41, 5.74) is 2.20. The van der Waals surface area contributed by atoms with E-state index < -0.39 is 0 Å². The molecular weight excluding hydrogens is 335 g/mol. The number of benzene rings is 2. The zero-order valence-corrected chi connectivity index (χ0v) is 14.4. The molecule has 2 heterocycles. The number of ether oxygens (including phenoxy) is 2. The first-order valence-corrected chi connectivity index (χ1v) is 8.41. The van der Waals surface area contributed by atoms with Crippen LogP contribution < -0.4 is 9.64 Å². The Morgan fingerprint density at radius 2 is 2.00 bits per heavy atom. The first-order valence-electron chi connectivity index (χ1n) is 8.41. The molecule has 0 unspecified atom stereocenters. The standard InChI is InChI=1S/C19H19FN4O2/c1-25-18-9-5-4-8-17(18)24-10-11-26-19(24)16-13-23(22-21-16)12-14-6-2-3-7-15(14)20/h2-9,13,19H,10-12H2,1H3/t19-/m1/s1. The molecule has 3 aromatic rings. The summed E-state index contributed by atoms with van der Waals surface area (Å²) in [6.07, 6.45) is 1.45. The molecule has 6 nitrogen and oxygen atoms in total. The SMILES string of the molecule is COc1ccccc1N1CCO[C@@H]1c1cn(Cc2ccccc2F)nn1. The van der Waals surface area contributed by atoms with E-state index in [0.717, 1.165) is 18.0 Å². The van der Waals surface area contributed by atoms with Crippen LogP contribution in [0.4, 0.5) is 10.1 Å². The zero-order chi connectivity index (χ0) is 17.9. The molecule has 0 bridgehead atoms. The van der Waals surface area contributed by atoms with Crippen LogP contribution in [0.5, 0.6) is 5.75 Å². The Hall–Kier alpha value is -2.93. The summed E-state index contributed by atoms with van der Waals surface area (Å²) in [7, 11) is 1.65. The van der Waals surface area contributed by atoms with Gasteiger partial charge in [0.05, 0.1) is 32.1 Å². The Kier molecular flexibility index (Phi) is 4.53. The van der Waals surface area contributed by atoms with Crippen molar-refractivity contribution in [1.29, 1.82) is 0 Å². The fourth-order valence-electron chi connectivity index (χ4n) is 3.13. The Labute approximate surface area is 150 Å². The van der Waals surface area contributed by atoms with E-state index in [9.17, 15) is 4.39 Å². The number of rotatable bonds is 5. The highest BCUT2D eigenvalue weighted by Gasteiger charge is 2.31. The van der Waals surface area contributed by atoms with E-state index in [2.05, 4.69) is 15.2 Å². The highest BCUT2D eigenvalue weighted by Crippen LogP contribution is 2.36. The van der Waals surface area contributed by atoms with Crippen LogP contribution in [0.15, 0.2) is 54.7 Å². The molecule has 1 aliphatic rings. The molecule has 7 heteroatoms. The van der Waals surface area contributed by atoms with Gasteiger partial charge in [-0.05, 0) is 18.2 Å². The summed E-state index contributed by atoms with van der Waals surface area (Å²) in [6, 6.07) is 14.5. The Bertz CT molecular complexity index is 899. The van der Waals surface area contributed by atoms with Crippen molar-refractivity contribution < 1.29 is 13.9 Å². The lowest BCUT2D eigenvalue weighted by Gasteiger charge is -2.25. The maximum absolute atomic E-state index is 13.8. The van der Waals surface area contributed by atoms with Crippen molar-refractivity contribution in [3.63, 3.8) is 0 Å². The third-order valence-electron chi connectivity index (χ3n) is 4.39. The molecule has 0 aliphatic carbocycles. The van der Waals surface area contributed by atoms with Crippen LogP contribution in [0.25, 0.3) is 0 Å². The third-order valence-corrected chi connectivity index (χ3v) is 4.39. The quantitative estimate of drug-likeness (QED) is 0.705. The van der Waals surface area contributed by atoms with Crippen LogP contribution in [0, 0.1) is 5.82 Å². The number of nitrogens with zero attached hydrogens (tertiary/aromatic N) is 4. The molecule has 1 saturated heterocycles. The molecule has 26 heavy (non-hydrogen) atoms. The second kappa shape index (κ2) is 7.13. The monoisotopic (exact) mass is 354 g/mol. The lowest BCUT2D eigenvalue weighted by Crippen LogP contribution is -2.24. The van der Waals surface area contributed by atoms with Crippen molar-refractivity contribution >= 4 is 5.69 Å². The van der Waals surface area contributed by atoms with Gasteiger partial charge < -0.3 is 14.4 Å². The normalized spacial score (nSPS) is 16.8. The summed E-state index contributed by atoms with van der Waals surface area (Å²) in [5.74, 6) is 0.527. The Morgan fingerprint density at radius 3 is 2.85 bits per heavy atom. The average molecular weight is 354 g/mol. The molecule has 0 N–H and O–H groups in total. The molecule has 1 fully saturated rings. The molecule has 134 valence electrons. The lowest BCUT2D eigenvalue weighted by molar-refractivity contribution is 0.110. The summed E-state index contributed by atoms with van der Waals surface area (Å²) >= 11 is 0. The van der Waals surface area contributed by atoms with E-state index in [1.54, 1.807) is 36.2 Å². The molecule has 1 atom stereocenters. The van der Waals surface area contributed by atoms with Gasteiger partial charge in [-0.1, -0.05) is 35.5 Å². The third kappa shape index (κ3) is 3.13. The fourth-order valence-corrected chi connectivity index (χ4v) is 3.13. The molecule has 0 spiro atoms. The van der Waals surface area contributed by atoms with Crippen LogP contribution in [0.1, 0.15) is 17.5 Å². The van der Waals surface area contributed by atoms with Crippen molar-refractivity contribution in [2.45, 2.75) is 12.8 Å². The van der Waals surface area contributed by atoms with Crippen LogP contribution in [0.3, 0.4) is 0 Å². The maximum atomic E-state index is 13.8. The topological polar surface area (TPSA) is 52.4 Å². The van der Waals surface area contributed by atoms with Crippen molar-refractivity contribution in [3.05, 3.63) is 71.8 Å². The number of para-hydroxylation sites is 2. The van der Waals surface area contributed by atoms with Crippen molar-refractivity contribution in [2.75, 3.05) is 25.2 Å². The molecule has 0 radical (unpaired) electrons. The minimum Gasteiger partial charge on any atom is -0.495 e. The van der Waals surface area contributed by atoms with Crippen LogP contribution in [-0.4, -0.2) is 35.3 Å². The second-order valence-corrected chi connectivity index (χ2v) is 6.02. The molecule has 0 saturated carbocycles. The minimum absolute atomic E-state index is 0.252. The van der Waals surface area contributed by atoms with Gasteiger partial charge in [0.25, 0.3) is 0 Å². The highest BCUT2D eigenvalue weighted by atomic mass is 19.1. The minimum atomic E-state index is -0.347. The molecule has 4 rings (SSSR count). The van der Waals surface area contributed by atoms with Gasteiger partial charge in [0, 0.05) is 12.1 Å². The van der Waals surface area contributed by atoms with Gasteiger partial charge in [-0.15, -0.1) is 5.10 Å². The van der Waals surface area contributed by atoms with E-state index in [0.29, 0.717) is 24.4 Å². The van der Waals surface area contributed by atoms with Crippen LogP contribution in [0.2, 0.25) is 0 Å². The molecule has 1 aliphatic heterocycles. The predicted molar refractivity (Wildman–Crippen MR) is 94.6 cm³/mol. The first-order chi connectivity index (χ1) is 12.8. The zero-order valence-electron chi connectivity index (χ0n) is 14.4. The van der Waals surface area contributed by atoms with Gasteiger partial charge >= 0.3 is 0 Å². The number of halogens is 1. The van der Waals surface area contributed by atoms with Gasteiger partial charge in [0.1, 0.15) is 17.3 Å². The summed E-state index contributed by atoms with van der Waals surface area (Å²) in [4.78, 5) is 2.09. The number of anilines is 1. The van der Waals surface area contributed by atoms with Gasteiger partial charge in [0.15, 0.2) is 6.23 Å². The second-order valence-electron chi connectivity index (χ2n) is 6.02. The van der Waals surface area contributed by atoms with Gasteiger partial charge in [-0.25, -0.2) is 9.07 Å². The first kappa shape index (κ1) is 16.5. The largest absolute Gasteiger partial charge is 0.495 e. The predicted octanol–water partition coefficient (Wildman–Crippen LogP) is 3.01. The Morgan fingerprint density at radius 1 is 1.19 bits per heavy atom.